The van der Waals surface area contributed by atoms with Gasteiger partial charge in [0.05, 0.1) is 22.9 Å². The van der Waals surface area contributed by atoms with Crippen molar-refractivity contribution in [3.05, 3.63) is 51.7 Å². The maximum absolute atomic E-state index is 13.6. The van der Waals surface area contributed by atoms with E-state index in [-0.39, 0.29) is 43.0 Å². The Hall–Kier alpha value is -2.42. The van der Waals surface area contributed by atoms with E-state index in [2.05, 4.69) is 10.3 Å². The summed E-state index contributed by atoms with van der Waals surface area (Å²) in [5.74, 6) is -0.0623. The SMILES string of the molecule is CC1=N/C(=C2/CN(C(=O)c3ccc(F)cc3OCCCO)CC2N)NC(C)=C1Cl. The lowest BCUT2D eigenvalue weighted by Crippen LogP contribution is -2.32. The lowest BCUT2D eigenvalue weighted by Gasteiger charge is -2.20. The number of aliphatic hydroxyl groups is 1. The summed E-state index contributed by atoms with van der Waals surface area (Å²) < 4.78 is 19.2. The number of allylic oxidation sites excluding steroid dienone is 2. The topological polar surface area (TPSA) is 100 Å². The van der Waals surface area contributed by atoms with Crippen LogP contribution in [0.1, 0.15) is 30.6 Å². The minimum Gasteiger partial charge on any atom is -0.493 e. The second-order valence-electron chi connectivity index (χ2n) is 6.99. The molecule has 2 aliphatic rings. The predicted octanol–water partition coefficient (Wildman–Crippen LogP) is 2.12. The van der Waals surface area contributed by atoms with Crippen LogP contribution in [0, 0.1) is 5.82 Å². The quantitative estimate of drug-likeness (QED) is 0.631. The Morgan fingerprint density at radius 1 is 1.48 bits per heavy atom. The molecule has 0 aromatic heterocycles. The van der Waals surface area contributed by atoms with Crippen molar-refractivity contribution in [1.82, 2.24) is 10.2 Å². The lowest BCUT2D eigenvalue weighted by atomic mass is 10.1. The maximum Gasteiger partial charge on any atom is 0.257 e. The highest BCUT2D eigenvalue weighted by atomic mass is 35.5. The fraction of sp³-hybridized carbons (Fsp3) is 0.400. The summed E-state index contributed by atoms with van der Waals surface area (Å²) in [4.78, 5) is 19.1. The molecule has 0 saturated carbocycles. The molecule has 156 valence electrons. The van der Waals surface area contributed by atoms with Crippen LogP contribution in [0.4, 0.5) is 4.39 Å². The third-order valence-corrected chi connectivity index (χ3v) is 5.34. The van der Waals surface area contributed by atoms with E-state index in [0.29, 0.717) is 29.5 Å². The fourth-order valence-electron chi connectivity index (χ4n) is 3.25. The van der Waals surface area contributed by atoms with E-state index in [4.69, 9.17) is 27.2 Å². The molecular formula is C20H24ClFN4O3. The smallest absolute Gasteiger partial charge is 0.257 e. The van der Waals surface area contributed by atoms with Crippen molar-refractivity contribution in [2.24, 2.45) is 10.7 Å². The number of benzene rings is 1. The van der Waals surface area contributed by atoms with Crippen molar-refractivity contribution in [3.63, 3.8) is 0 Å². The molecule has 1 atom stereocenters. The molecular weight excluding hydrogens is 399 g/mol. The molecule has 2 aliphatic heterocycles. The normalized spacial score (nSPS) is 21.9. The molecule has 0 bridgehead atoms. The Kier molecular flexibility index (Phi) is 6.56. The number of carbonyl (C=O) groups excluding carboxylic acids is 1. The molecule has 0 aliphatic carbocycles. The molecule has 7 nitrogen and oxygen atoms in total. The molecule has 3 rings (SSSR count). The number of ether oxygens (including phenoxy) is 1. The van der Waals surface area contributed by atoms with Gasteiger partial charge < -0.3 is 25.8 Å². The Balaban J connectivity index is 1.83. The number of aliphatic hydroxyl groups excluding tert-OH is 1. The van der Waals surface area contributed by atoms with Crippen LogP contribution >= 0.6 is 11.6 Å². The highest BCUT2D eigenvalue weighted by molar-refractivity contribution is 6.43. The monoisotopic (exact) mass is 422 g/mol. The first-order valence-electron chi connectivity index (χ1n) is 9.32. The minimum absolute atomic E-state index is 0.0542. The Morgan fingerprint density at radius 3 is 2.93 bits per heavy atom. The number of hydrogen-bond acceptors (Lipinski definition) is 6. The molecule has 0 radical (unpaired) electrons. The van der Waals surface area contributed by atoms with Crippen LogP contribution in [0.5, 0.6) is 5.75 Å². The molecule has 1 fully saturated rings. The average Bonchev–Trinajstić information content (AvgIpc) is 3.07. The van der Waals surface area contributed by atoms with Crippen LogP contribution in [0.2, 0.25) is 0 Å². The second-order valence-corrected chi connectivity index (χ2v) is 7.37. The molecule has 1 unspecified atom stereocenters. The zero-order chi connectivity index (χ0) is 21.1. The number of rotatable bonds is 5. The summed E-state index contributed by atoms with van der Waals surface area (Å²) in [6.45, 7) is 4.38. The van der Waals surface area contributed by atoms with Gasteiger partial charge in [-0.2, -0.15) is 0 Å². The number of nitrogens with two attached hydrogens (primary N) is 1. The van der Waals surface area contributed by atoms with Gasteiger partial charge in [0, 0.05) is 49.5 Å². The van der Waals surface area contributed by atoms with Crippen molar-refractivity contribution in [2.75, 3.05) is 26.3 Å². The second kappa shape index (κ2) is 8.94. The standard InChI is InChI=1S/C20H24ClFN4O3/c1-11-18(21)12(2)25-19(24-11)15-9-26(10-16(15)23)20(28)14-5-4-13(22)8-17(14)29-7-3-6-27/h4-5,8,16,24,27H,3,6-7,9-10,23H2,1-2H3/b19-15-. The summed E-state index contributed by atoms with van der Waals surface area (Å²) >= 11 is 6.18. The van der Waals surface area contributed by atoms with Gasteiger partial charge in [0.15, 0.2) is 0 Å². The molecule has 2 heterocycles. The van der Waals surface area contributed by atoms with E-state index in [1.807, 2.05) is 13.8 Å². The summed E-state index contributed by atoms with van der Waals surface area (Å²) in [5, 5.41) is 12.6. The van der Waals surface area contributed by atoms with E-state index in [0.717, 1.165) is 11.3 Å². The Morgan fingerprint density at radius 2 is 2.24 bits per heavy atom. The third kappa shape index (κ3) is 4.60. The summed E-state index contributed by atoms with van der Waals surface area (Å²) in [6, 6.07) is 3.40. The largest absolute Gasteiger partial charge is 0.493 e. The van der Waals surface area contributed by atoms with Gasteiger partial charge in [0.2, 0.25) is 0 Å². The van der Waals surface area contributed by atoms with E-state index in [1.165, 1.54) is 18.2 Å². The van der Waals surface area contributed by atoms with Gasteiger partial charge in [-0.3, -0.25) is 4.79 Å². The van der Waals surface area contributed by atoms with Crippen LogP contribution in [0.15, 0.2) is 45.3 Å². The van der Waals surface area contributed by atoms with Crippen LogP contribution in [-0.4, -0.2) is 54.0 Å². The van der Waals surface area contributed by atoms with Gasteiger partial charge in [0.25, 0.3) is 5.91 Å². The van der Waals surface area contributed by atoms with Gasteiger partial charge in [-0.25, -0.2) is 9.38 Å². The number of hydrogen-bond donors (Lipinski definition) is 3. The maximum atomic E-state index is 13.6. The van der Waals surface area contributed by atoms with Crippen LogP contribution in [-0.2, 0) is 0 Å². The highest BCUT2D eigenvalue weighted by Crippen LogP contribution is 2.28. The minimum atomic E-state index is -0.503. The number of nitrogens with one attached hydrogen (secondary N) is 1. The van der Waals surface area contributed by atoms with Crippen LogP contribution in [0.3, 0.4) is 0 Å². The van der Waals surface area contributed by atoms with Crippen LogP contribution in [0.25, 0.3) is 0 Å². The van der Waals surface area contributed by atoms with Gasteiger partial charge >= 0.3 is 0 Å². The van der Waals surface area contributed by atoms with E-state index >= 15 is 0 Å². The molecule has 1 aromatic carbocycles. The van der Waals surface area contributed by atoms with Gasteiger partial charge in [-0.1, -0.05) is 11.6 Å². The Bertz CT molecular complexity index is 913. The number of amides is 1. The van der Waals surface area contributed by atoms with Gasteiger partial charge in [-0.05, 0) is 26.0 Å². The number of aliphatic imine (C=N–C) groups is 1. The van der Waals surface area contributed by atoms with Crippen molar-refractivity contribution in [2.45, 2.75) is 26.3 Å². The van der Waals surface area contributed by atoms with E-state index in [9.17, 15) is 9.18 Å². The van der Waals surface area contributed by atoms with Crippen molar-refractivity contribution >= 4 is 23.2 Å². The Labute approximate surface area is 173 Å². The summed E-state index contributed by atoms with van der Waals surface area (Å²) in [6.07, 6.45) is 0.382. The molecule has 1 saturated heterocycles. The summed E-state index contributed by atoms with van der Waals surface area (Å²) in [5.41, 5.74) is 8.77. The first-order valence-corrected chi connectivity index (χ1v) is 9.69. The van der Waals surface area contributed by atoms with Crippen molar-refractivity contribution in [3.8, 4) is 5.75 Å². The van der Waals surface area contributed by atoms with E-state index < -0.39 is 5.82 Å². The summed E-state index contributed by atoms with van der Waals surface area (Å²) in [7, 11) is 0. The number of halogens is 2. The highest BCUT2D eigenvalue weighted by Gasteiger charge is 2.33. The lowest BCUT2D eigenvalue weighted by molar-refractivity contribution is 0.0789. The predicted molar refractivity (Wildman–Crippen MR) is 109 cm³/mol. The third-order valence-electron chi connectivity index (χ3n) is 4.78. The molecule has 4 N–H and O–H groups in total. The number of likely N-dealkylation sites (tertiary alicyclic amines) is 1. The number of carbonyl (C=O) groups is 1. The molecule has 1 aromatic rings. The zero-order valence-electron chi connectivity index (χ0n) is 16.3. The molecule has 9 heteroatoms. The van der Waals surface area contributed by atoms with E-state index in [1.54, 1.807) is 4.90 Å². The first kappa shape index (κ1) is 21.3. The zero-order valence-corrected chi connectivity index (χ0v) is 17.1. The average molecular weight is 423 g/mol. The molecule has 0 spiro atoms. The fourth-order valence-corrected chi connectivity index (χ4v) is 3.34. The van der Waals surface area contributed by atoms with Crippen molar-refractivity contribution < 1.29 is 19.0 Å². The van der Waals surface area contributed by atoms with Gasteiger partial charge in [0.1, 0.15) is 17.4 Å². The van der Waals surface area contributed by atoms with Crippen LogP contribution < -0.4 is 15.8 Å². The molecule has 29 heavy (non-hydrogen) atoms. The van der Waals surface area contributed by atoms with Gasteiger partial charge in [-0.15, -0.1) is 0 Å². The van der Waals surface area contributed by atoms with Crippen molar-refractivity contribution in [1.29, 1.82) is 0 Å². The number of nitrogens with zero attached hydrogens (tertiary/aromatic N) is 2. The molecule has 1 amide bonds. The first-order chi connectivity index (χ1) is 13.8.